The lowest BCUT2D eigenvalue weighted by Crippen LogP contribution is -2.17. The van der Waals surface area contributed by atoms with E-state index < -0.39 is 0 Å². The molecule has 5 heteroatoms. The van der Waals surface area contributed by atoms with Crippen molar-refractivity contribution in [2.24, 2.45) is 0 Å². The largest absolute Gasteiger partial charge is 0.345 e. The average Bonchev–Trinajstić information content (AvgIpc) is 2.84. The van der Waals surface area contributed by atoms with Crippen molar-refractivity contribution in [1.29, 1.82) is 0 Å². The summed E-state index contributed by atoms with van der Waals surface area (Å²) in [7, 11) is 2.00. The van der Waals surface area contributed by atoms with Gasteiger partial charge >= 0.3 is 0 Å². The number of rotatable bonds is 3. The van der Waals surface area contributed by atoms with E-state index in [1.54, 1.807) is 11.3 Å². The molecule has 2 aromatic rings. The van der Waals surface area contributed by atoms with Gasteiger partial charge in [0.2, 0.25) is 0 Å². The molecule has 3 rings (SSSR count). The standard InChI is InChI=1S/C15H17N3OS/c1-10-5-3-6-11(16-10)9-18(2)15-17-14-12(19)7-4-8-13(14)20-15/h3,5-6H,4,7-9H2,1-2H3. The van der Waals surface area contributed by atoms with Crippen LogP contribution in [0.5, 0.6) is 0 Å². The average molecular weight is 287 g/mol. The molecular weight excluding hydrogens is 270 g/mol. The summed E-state index contributed by atoms with van der Waals surface area (Å²) in [5.41, 5.74) is 2.73. The van der Waals surface area contributed by atoms with Crippen LogP contribution in [0, 0.1) is 6.92 Å². The molecule has 0 saturated heterocycles. The van der Waals surface area contributed by atoms with Crippen molar-refractivity contribution in [3.05, 3.63) is 40.2 Å². The maximum absolute atomic E-state index is 11.8. The summed E-state index contributed by atoms with van der Waals surface area (Å²) in [5, 5.41) is 0.911. The van der Waals surface area contributed by atoms with E-state index in [-0.39, 0.29) is 5.78 Å². The lowest BCUT2D eigenvalue weighted by molar-refractivity contribution is 0.0968. The van der Waals surface area contributed by atoms with E-state index >= 15 is 0 Å². The second-order valence-electron chi connectivity index (χ2n) is 5.17. The van der Waals surface area contributed by atoms with Gasteiger partial charge in [0, 0.05) is 24.0 Å². The van der Waals surface area contributed by atoms with Crippen molar-refractivity contribution in [3.63, 3.8) is 0 Å². The minimum absolute atomic E-state index is 0.191. The third-order valence-electron chi connectivity index (χ3n) is 3.43. The van der Waals surface area contributed by atoms with Crippen molar-refractivity contribution in [2.75, 3.05) is 11.9 Å². The smallest absolute Gasteiger partial charge is 0.186 e. The fourth-order valence-corrected chi connectivity index (χ4v) is 3.50. The number of carbonyl (C=O) groups excluding carboxylic acids is 1. The van der Waals surface area contributed by atoms with Crippen LogP contribution in [0.15, 0.2) is 18.2 Å². The van der Waals surface area contributed by atoms with E-state index in [9.17, 15) is 4.79 Å². The Hall–Kier alpha value is -1.75. The molecule has 0 aliphatic heterocycles. The van der Waals surface area contributed by atoms with Crippen LogP contribution in [0.4, 0.5) is 5.13 Å². The normalized spacial score (nSPS) is 14.2. The molecular formula is C15H17N3OS. The van der Waals surface area contributed by atoms with Crippen LogP contribution in [0.3, 0.4) is 0 Å². The third kappa shape index (κ3) is 2.58. The lowest BCUT2D eigenvalue weighted by Gasteiger charge is -2.15. The van der Waals surface area contributed by atoms with Gasteiger partial charge in [-0.15, -0.1) is 11.3 Å². The summed E-state index contributed by atoms with van der Waals surface area (Å²) in [6.07, 6.45) is 2.57. The molecule has 1 aliphatic carbocycles. The van der Waals surface area contributed by atoms with Gasteiger partial charge in [0.25, 0.3) is 0 Å². The number of nitrogens with zero attached hydrogens (tertiary/aromatic N) is 3. The second-order valence-corrected chi connectivity index (χ2v) is 6.23. The zero-order chi connectivity index (χ0) is 14.1. The van der Waals surface area contributed by atoms with Crippen LogP contribution in [0.25, 0.3) is 0 Å². The number of thiazole rings is 1. The summed E-state index contributed by atoms with van der Waals surface area (Å²) in [5.74, 6) is 0.191. The Bertz CT molecular complexity index is 650. The minimum atomic E-state index is 0.191. The van der Waals surface area contributed by atoms with E-state index in [1.165, 1.54) is 0 Å². The van der Waals surface area contributed by atoms with Crippen molar-refractivity contribution in [3.8, 4) is 0 Å². The maximum atomic E-state index is 11.8. The van der Waals surface area contributed by atoms with Gasteiger partial charge in [0.15, 0.2) is 10.9 Å². The van der Waals surface area contributed by atoms with Crippen LogP contribution < -0.4 is 4.90 Å². The topological polar surface area (TPSA) is 46.1 Å². The highest BCUT2D eigenvalue weighted by molar-refractivity contribution is 7.15. The molecule has 0 radical (unpaired) electrons. The Morgan fingerprint density at radius 1 is 1.30 bits per heavy atom. The van der Waals surface area contributed by atoms with Crippen molar-refractivity contribution < 1.29 is 4.79 Å². The molecule has 0 amide bonds. The molecule has 2 aromatic heterocycles. The van der Waals surface area contributed by atoms with E-state index in [1.807, 2.05) is 32.2 Å². The predicted molar refractivity (Wildman–Crippen MR) is 80.5 cm³/mol. The van der Waals surface area contributed by atoms with Gasteiger partial charge in [0.1, 0.15) is 5.69 Å². The molecule has 20 heavy (non-hydrogen) atoms. The van der Waals surface area contributed by atoms with Gasteiger partial charge in [-0.3, -0.25) is 9.78 Å². The van der Waals surface area contributed by atoms with E-state index in [4.69, 9.17) is 0 Å². The fourth-order valence-electron chi connectivity index (χ4n) is 2.42. The first-order valence-corrected chi connectivity index (χ1v) is 7.62. The van der Waals surface area contributed by atoms with Crippen LogP contribution in [0.2, 0.25) is 0 Å². The molecule has 0 aromatic carbocycles. The molecule has 2 heterocycles. The van der Waals surface area contributed by atoms with Crippen LogP contribution in [0.1, 0.15) is 39.6 Å². The van der Waals surface area contributed by atoms with Crippen molar-refractivity contribution in [1.82, 2.24) is 9.97 Å². The molecule has 0 bridgehead atoms. The molecule has 1 aliphatic rings. The number of anilines is 1. The molecule has 0 N–H and O–H groups in total. The van der Waals surface area contributed by atoms with Crippen LogP contribution >= 0.6 is 11.3 Å². The highest BCUT2D eigenvalue weighted by Crippen LogP contribution is 2.31. The highest BCUT2D eigenvalue weighted by atomic mass is 32.1. The summed E-state index contributed by atoms with van der Waals surface area (Å²) < 4.78 is 0. The SMILES string of the molecule is Cc1cccc(CN(C)c2nc3c(s2)CCCC3=O)n1. The Kier molecular flexibility index (Phi) is 3.53. The number of ketones is 1. The lowest BCUT2D eigenvalue weighted by atomic mass is 10.0. The summed E-state index contributed by atoms with van der Waals surface area (Å²) in [6, 6.07) is 6.02. The number of hydrogen-bond acceptors (Lipinski definition) is 5. The first-order valence-electron chi connectivity index (χ1n) is 6.80. The number of hydrogen-bond donors (Lipinski definition) is 0. The van der Waals surface area contributed by atoms with Crippen molar-refractivity contribution >= 4 is 22.3 Å². The number of Topliss-reactive ketones (excluding diaryl/α,β-unsaturated/α-hetero) is 1. The fraction of sp³-hybridized carbons (Fsp3) is 0.400. The molecule has 0 fully saturated rings. The van der Waals surface area contributed by atoms with Gasteiger partial charge < -0.3 is 4.90 Å². The quantitative estimate of drug-likeness (QED) is 0.870. The zero-order valence-corrected chi connectivity index (χ0v) is 12.5. The Morgan fingerprint density at radius 3 is 2.90 bits per heavy atom. The van der Waals surface area contributed by atoms with Gasteiger partial charge in [-0.25, -0.2) is 4.98 Å². The summed E-state index contributed by atoms with van der Waals surface area (Å²) in [6.45, 7) is 2.70. The molecule has 0 spiro atoms. The number of fused-ring (bicyclic) bond motifs is 1. The second kappa shape index (κ2) is 5.32. The molecule has 104 valence electrons. The van der Waals surface area contributed by atoms with Crippen molar-refractivity contribution in [2.45, 2.75) is 32.7 Å². The summed E-state index contributed by atoms with van der Waals surface area (Å²) in [4.78, 5) is 24.1. The predicted octanol–water partition coefficient (Wildman–Crippen LogP) is 3.00. The number of aryl methyl sites for hydroxylation is 2. The monoisotopic (exact) mass is 287 g/mol. The minimum Gasteiger partial charge on any atom is -0.345 e. The molecule has 0 saturated carbocycles. The van der Waals surface area contributed by atoms with Crippen LogP contribution in [-0.2, 0) is 13.0 Å². The zero-order valence-electron chi connectivity index (χ0n) is 11.7. The van der Waals surface area contributed by atoms with Gasteiger partial charge in [-0.05, 0) is 31.9 Å². The number of aromatic nitrogens is 2. The van der Waals surface area contributed by atoms with E-state index in [0.717, 1.165) is 34.2 Å². The van der Waals surface area contributed by atoms with E-state index in [0.29, 0.717) is 18.7 Å². The Morgan fingerprint density at radius 2 is 2.15 bits per heavy atom. The van der Waals surface area contributed by atoms with Gasteiger partial charge in [-0.2, -0.15) is 0 Å². The third-order valence-corrected chi connectivity index (χ3v) is 4.66. The summed E-state index contributed by atoms with van der Waals surface area (Å²) >= 11 is 1.64. The number of carbonyl (C=O) groups is 1. The first kappa shape index (κ1) is 13.2. The van der Waals surface area contributed by atoms with Gasteiger partial charge in [0.05, 0.1) is 12.2 Å². The Balaban J connectivity index is 1.81. The van der Waals surface area contributed by atoms with E-state index in [2.05, 4.69) is 14.9 Å². The molecule has 4 nitrogen and oxygen atoms in total. The number of pyridine rings is 1. The van der Waals surface area contributed by atoms with Gasteiger partial charge in [-0.1, -0.05) is 6.07 Å². The first-order chi connectivity index (χ1) is 9.63. The Labute approximate surface area is 122 Å². The maximum Gasteiger partial charge on any atom is 0.186 e. The van der Waals surface area contributed by atoms with Crippen LogP contribution in [-0.4, -0.2) is 22.8 Å². The molecule has 0 unspecified atom stereocenters. The molecule has 0 atom stereocenters. The highest BCUT2D eigenvalue weighted by Gasteiger charge is 2.23.